The smallest absolute Gasteiger partial charge is 0.310 e. The highest BCUT2D eigenvalue weighted by Gasteiger charge is 2.59. The first-order chi connectivity index (χ1) is 6.84. The molecule has 1 aliphatic heterocycles. The van der Waals surface area contributed by atoms with Crippen molar-refractivity contribution >= 4 is 17.8 Å². The van der Waals surface area contributed by atoms with Gasteiger partial charge in [-0.15, -0.1) is 0 Å². The summed E-state index contributed by atoms with van der Waals surface area (Å²) >= 11 is 0. The van der Waals surface area contributed by atoms with Gasteiger partial charge < -0.3 is 5.11 Å². The first-order valence-electron chi connectivity index (χ1n) is 4.93. The van der Waals surface area contributed by atoms with Crippen LogP contribution in [0, 0.1) is 17.3 Å². The van der Waals surface area contributed by atoms with E-state index in [2.05, 4.69) is 0 Å². The van der Waals surface area contributed by atoms with E-state index >= 15 is 0 Å². The molecule has 1 aliphatic carbocycles. The monoisotopic (exact) mass is 211 g/mol. The van der Waals surface area contributed by atoms with E-state index in [9.17, 15) is 14.4 Å². The van der Waals surface area contributed by atoms with Crippen LogP contribution in [-0.2, 0) is 14.4 Å². The van der Waals surface area contributed by atoms with E-state index in [0.29, 0.717) is 6.42 Å². The Morgan fingerprint density at radius 2 is 1.87 bits per heavy atom. The standard InChI is InChI=1S/C10H13NO4/c1-10(2,9(14)15)4-11-7(12)5-3-6(5)8(11)13/h5-6H,3-4H2,1-2H3,(H,14,15). The van der Waals surface area contributed by atoms with Gasteiger partial charge in [0, 0.05) is 6.54 Å². The molecule has 2 unspecified atom stereocenters. The molecule has 2 rings (SSSR count). The molecule has 1 saturated carbocycles. The lowest BCUT2D eigenvalue weighted by molar-refractivity contribution is -0.151. The lowest BCUT2D eigenvalue weighted by Gasteiger charge is -2.26. The summed E-state index contributed by atoms with van der Waals surface area (Å²) in [6, 6.07) is 0. The summed E-state index contributed by atoms with van der Waals surface area (Å²) in [4.78, 5) is 35.1. The van der Waals surface area contributed by atoms with Crippen molar-refractivity contribution in [1.82, 2.24) is 4.90 Å². The Labute approximate surface area is 87.1 Å². The fourth-order valence-electron chi connectivity index (χ4n) is 1.87. The van der Waals surface area contributed by atoms with Crippen LogP contribution in [0.2, 0.25) is 0 Å². The Bertz CT molecular complexity index is 340. The summed E-state index contributed by atoms with van der Waals surface area (Å²) in [6.07, 6.45) is 0.654. The topological polar surface area (TPSA) is 74.7 Å². The summed E-state index contributed by atoms with van der Waals surface area (Å²) in [6.45, 7) is 3.01. The largest absolute Gasteiger partial charge is 0.481 e. The number of fused-ring (bicyclic) bond motifs is 1. The molecule has 0 radical (unpaired) electrons. The summed E-state index contributed by atoms with van der Waals surface area (Å²) in [7, 11) is 0. The van der Waals surface area contributed by atoms with Crippen LogP contribution in [0.4, 0.5) is 0 Å². The number of amides is 2. The number of imide groups is 1. The second-order valence-corrected chi connectivity index (χ2v) is 4.90. The fourth-order valence-corrected chi connectivity index (χ4v) is 1.87. The maximum absolute atomic E-state index is 11.6. The first-order valence-corrected chi connectivity index (χ1v) is 4.93. The first kappa shape index (κ1) is 10.1. The Hall–Kier alpha value is -1.39. The molecular formula is C10H13NO4. The minimum Gasteiger partial charge on any atom is -0.481 e. The van der Waals surface area contributed by atoms with Crippen molar-refractivity contribution in [3.63, 3.8) is 0 Å². The lowest BCUT2D eigenvalue weighted by Crippen LogP contribution is -2.43. The number of hydrogen-bond donors (Lipinski definition) is 1. The molecule has 2 fully saturated rings. The number of rotatable bonds is 3. The van der Waals surface area contributed by atoms with Gasteiger partial charge in [0.15, 0.2) is 0 Å². The van der Waals surface area contributed by atoms with Crippen molar-refractivity contribution in [2.45, 2.75) is 20.3 Å². The molecule has 82 valence electrons. The maximum atomic E-state index is 11.6. The fraction of sp³-hybridized carbons (Fsp3) is 0.700. The van der Waals surface area contributed by atoms with E-state index in [0.717, 1.165) is 4.90 Å². The summed E-state index contributed by atoms with van der Waals surface area (Å²) in [5.41, 5.74) is -1.07. The number of likely N-dealkylation sites (tertiary alicyclic amines) is 1. The minimum atomic E-state index is -1.07. The number of hydrogen-bond acceptors (Lipinski definition) is 3. The van der Waals surface area contributed by atoms with Crippen LogP contribution in [0.3, 0.4) is 0 Å². The highest BCUT2D eigenvalue weighted by molar-refractivity contribution is 6.09. The summed E-state index contributed by atoms with van der Waals surface area (Å²) in [5, 5.41) is 8.90. The third-order valence-corrected chi connectivity index (χ3v) is 3.09. The van der Waals surface area contributed by atoms with Gasteiger partial charge >= 0.3 is 5.97 Å². The molecule has 1 N–H and O–H groups in total. The second kappa shape index (κ2) is 2.81. The molecule has 15 heavy (non-hydrogen) atoms. The zero-order valence-corrected chi connectivity index (χ0v) is 8.69. The molecular weight excluding hydrogens is 198 g/mol. The Morgan fingerprint density at radius 3 is 2.27 bits per heavy atom. The van der Waals surface area contributed by atoms with E-state index < -0.39 is 11.4 Å². The predicted molar refractivity (Wildman–Crippen MR) is 49.7 cm³/mol. The molecule has 0 spiro atoms. The van der Waals surface area contributed by atoms with Crippen LogP contribution < -0.4 is 0 Å². The minimum absolute atomic E-state index is 0.0208. The predicted octanol–water partition coefficient (Wildman–Crippen LogP) is 0.102. The van der Waals surface area contributed by atoms with E-state index in [1.54, 1.807) is 0 Å². The summed E-state index contributed by atoms with van der Waals surface area (Å²) < 4.78 is 0. The molecule has 2 atom stereocenters. The van der Waals surface area contributed by atoms with E-state index in [-0.39, 0.29) is 30.2 Å². The number of carboxylic acids is 1. The molecule has 5 nitrogen and oxygen atoms in total. The number of aliphatic carboxylic acids is 1. The zero-order valence-electron chi connectivity index (χ0n) is 8.69. The second-order valence-electron chi connectivity index (χ2n) is 4.90. The maximum Gasteiger partial charge on any atom is 0.310 e. The molecule has 2 amide bonds. The highest BCUT2D eigenvalue weighted by atomic mass is 16.4. The number of carbonyl (C=O) groups is 3. The SMILES string of the molecule is CC(C)(CN1C(=O)C2CC2C1=O)C(=O)O. The van der Waals surface area contributed by atoms with Crippen molar-refractivity contribution in [1.29, 1.82) is 0 Å². The number of nitrogens with zero attached hydrogens (tertiary/aromatic N) is 1. The molecule has 5 heteroatoms. The van der Waals surface area contributed by atoms with Crippen LogP contribution >= 0.6 is 0 Å². The Morgan fingerprint density at radius 1 is 1.40 bits per heavy atom. The van der Waals surface area contributed by atoms with Crippen molar-refractivity contribution in [2.75, 3.05) is 6.54 Å². The molecule has 1 saturated heterocycles. The normalized spacial score (nSPS) is 29.3. The highest BCUT2D eigenvalue weighted by Crippen LogP contribution is 2.47. The molecule has 0 aromatic rings. The summed E-state index contributed by atoms with van der Waals surface area (Å²) in [5.74, 6) is -1.69. The molecule has 0 bridgehead atoms. The van der Waals surface area contributed by atoms with Crippen molar-refractivity contribution in [2.24, 2.45) is 17.3 Å². The Balaban J connectivity index is 2.10. The van der Waals surface area contributed by atoms with Gasteiger partial charge in [0.2, 0.25) is 11.8 Å². The molecule has 2 aliphatic rings. The van der Waals surface area contributed by atoms with Crippen molar-refractivity contribution in [3.05, 3.63) is 0 Å². The quantitative estimate of drug-likeness (QED) is 0.672. The van der Waals surface area contributed by atoms with Crippen LogP contribution in [0.1, 0.15) is 20.3 Å². The third-order valence-electron chi connectivity index (χ3n) is 3.09. The van der Waals surface area contributed by atoms with Gasteiger partial charge in [-0.05, 0) is 20.3 Å². The van der Waals surface area contributed by atoms with Crippen LogP contribution in [0.25, 0.3) is 0 Å². The van der Waals surface area contributed by atoms with Crippen LogP contribution in [0.15, 0.2) is 0 Å². The number of carbonyl (C=O) groups excluding carboxylic acids is 2. The van der Waals surface area contributed by atoms with Gasteiger partial charge in [0.05, 0.1) is 17.3 Å². The van der Waals surface area contributed by atoms with Crippen LogP contribution in [-0.4, -0.2) is 34.3 Å². The van der Waals surface area contributed by atoms with E-state index in [4.69, 9.17) is 5.11 Å². The van der Waals surface area contributed by atoms with Crippen LogP contribution in [0.5, 0.6) is 0 Å². The molecule has 0 aromatic heterocycles. The van der Waals surface area contributed by atoms with Crippen molar-refractivity contribution in [3.8, 4) is 0 Å². The van der Waals surface area contributed by atoms with Gasteiger partial charge in [-0.25, -0.2) is 0 Å². The van der Waals surface area contributed by atoms with Gasteiger partial charge in [-0.2, -0.15) is 0 Å². The number of piperidine rings is 1. The molecule has 0 aromatic carbocycles. The lowest BCUT2D eigenvalue weighted by atomic mass is 9.93. The van der Waals surface area contributed by atoms with E-state index in [1.165, 1.54) is 13.8 Å². The van der Waals surface area contributed by atoms with Gasteiger partial charge in [-0.1, -0.05) is 0 Å². The van der Waals surface area contributed by atoms with Gasteiger partial charge in [0.25, 0.3) is 0 Å². The van der Waals surface area contributed by atoms with E-state index in [1.807, 2.05) is 0 Å². The number of carboxylic acid groups (broad SMARTS) is 1. The third kappa shape index (κ3) is 1.42. The molecule has 1 heterocycles. The Kier molecular flexibility index (Phi) is 1.90. The average molecular weight is 211 g/mol. The van der Waals surface area contributed by atoms with Gasteiger partial charge in [0.1, 0.15) is 0 Å². The van der Waals surface area contributed by atoms with Gasteiger partial charge in [-0.3, -0.25) is 19.3 Å². The zero-order chi connectivity index (χ0) is 11.4. The average Bonchev–Trinajstić information content (AvgIpc) is 2.86. The van der Waals surface area contributed by atoms with Crippen molar-refractivity contribution < 1.29 is 19.5 Å².